The normalized spacial score (nSPS) is 10.2. The molecule has 0 saturated heterocycles. The Labute approximate surface area is 97.7 Å². The number of nitriles is 1. The van der Waals surface area contributed by atoms with E-state index in [1.54, 1.807) is 6.07 Å². The monoisotopic (exact) mass is 290 g/mol. The van der Waals surface area contributed by atoms with Crippen LogP contribution in [0.15, 0.2) is 10.7 Å². The molecule has 0 spiro atoms. The molecular formula is C9H5BrF2N2O2. The molecule has 0 amide bonds. The van der Waals surface area contributed by atoms with Gasteiger partial charge in [-0.1, -0.05) is 0 Å². The van der Waals surface area contributed by atoms with Crippen LogP contribution >= 0.6 is 15.9 Å². The quantitative estimate of drug-likeness (QED) is 0.927. The fraction of sp³-hybridized carbons (Fsp3) is 0.222. The van der Waals surface area contributed by atoms with E-state index in [-0.39, 0.29) is 15.6 Å². The van der Waals surface area contributed by atoms with Crippen molar-refractivity contribution in [2.24, 2.45) is 0 Å². The summed E-state index contributed by atoms with van der Waals surface area (Å²) in [5, 5.41) is 17.4. The van der Waals surface area contributed by atoms with Gasteiger partial charge in [-0.25, -0.2) is 8.78 Å². The minimum atomic E-state index is -2.91. The zero-order chi connectivity index (χ0) is 12.3. The van der Waals surface area contributed by atoms with Gasteiger partial charge in [0.1, 0.15) is 11.8 Å². The highest BCUT2D eigenvalue weighted by Gasteiger charge is 2.21. The summed E-state index contributed by atoms with van der Waals surface area (Å²) < 4.78 is 25.3. The Morgan fingerprint density at radius 1 is 1.69 bits per heavy atom. The molecule has 16 heavy (non-hydrogen) atoms. The fourth-order valence-corrected chi connectivity index (χ4v) is 1.61. The number of hydrogen-bond donors (Lipinski definition) is 1. The molecule has 4 nitrogen and oxygen atoms in total. The van der Waals surface area contributed by atoms with Crippen molar-refractivity contribution in [3.8, 4) is 6.07 Å². The van der Waals surface area contributed by atoms with Crippen LogP contribution in [-0.4, -0.2) is 16.1 Å². The number of aromatic nitrogens is 1. The summed E-state index contributed by atoms with van der Waals surface area (Å²) in [5.41, 5.74) is -1.03. The van der Waals surface area contributed by atoms with E-state index in [1.807, 2.05) is 0 Å². The SMILES string of the molecule is N#Cc1c(Br)cnc(C(F)F)c1CC(=O)O. The van der Waals surface area contributed by atoms with Crippen LogP contribution in [0.25, 0.3) is 0 Å². The molecule has 0 aliphatic rings. The first-order valence-corrected chi connectivity index (χ1v) is 4.84. The number of carboxylic acids is 1. The summed E-state index contributed by atoms with van der Waals surface area (Å²) in [6, 6.07) is 1.68. The maximum absolute atomic E-state index is 12.5. The van der Waals surface area contributed by atoms with E-state index < -0.39 is 24.5 Å². The van der Waals surface area contributed by atoms with E-state index in [9.17, 15) is 13.6 Å². The molecule has 0 radical (unpaired) electrons. The van der Waals surface area contributed by atoms with Crippen molar-refractivity contribution >= 4 is 21.9 Å². The predicted octanol–water partition coefficient (Wildman–Crippen LogP) is 2.28. The number of aliphatic carboxylic acids is 1. The molecule has 84 valence electrons. The first-order valence-electron chi connectivity index (χ1n) is 4.04. The molecule has 1 N–H and O–H groups in total. The van der Waals surface area contributed by atoms with Crippen molar-refractivity contribution in [3.63, 3.8) is 0 Å². The van der Waals surface area contributed by atoms with Gasteiger partial charge in [-0.15, -0.1) is 0 Å². The largest absolute Gasteiger partial charge is 0.481 e. The van der Waals surface area contributed by atoms with Gasteiger partial charge < -0.3 is 5.11 Å². The Morgan fingerprint density at radius 3 is 2.75 bits per heavy atom. The zero-order valence-electron chi connectivity index (χ0n) is 7.75. The number of carboxylic acid groups (broad SMARTS) is 1. The summed E-state index contributed by atoms with van der Waals surface area (Å²) >= 11 is 2.96. The van der Waals surface area contributed by atoms with Gasteiger partial charge in [0.2, 0.25) is 0 Å². The maximum Gasteiger partial charge on any atom is 0.307 e. The predicted molar refractivity (Wildman–Crippen MR) is 52.9 cm³/mol. The number of pyridine rings is 1. The fourth-order valence-electron chi connectivity index (χ4n) is 1.18. The van der Waals surface area contributed by atoms with Crippen molar-refractivity contribution in [1.29, 1.82) is 5.26 Å². The van der Waals surface area contributed by atoms with E-state index in [0.29, 0.717) is 0 Å². The van der Waals surface area contributed by atoms with Crippen LogP contribution in [0.2, 0.25) is 0 Å². The van der Waals surface area contributed by atoms with Crippen LogP contribution in [0.4, 0.5) is 8.78 Å². The third-order valence-corrected chi connectivity index (χ3v) is 2.41. The second-order valence-electron chi connectivity index (χ2n) is 2.83. The smallest absolute Gasteiger partial charge is 0.307 e. The molecular weight excluding hydrogens is 286 g/mol. The van der Waals surface area contributed by atoms with Crippen molar-refractivity contribution in [2.75, 3.05) is 0 Å². The second-order valence-corrected chi connectivity index (χ2v) is 3.68. The Bertz CT molecular complexity index is 471. The van der Waals surface area contributed by atoms with Gasteiger partial charge in [-0.2, -0.15) is 5.26 Å². The molecule has 1 aromatic rings. The van der Waals surface area contributed by atoms with E-state index in [2.05, 4.69) is 20.9 Å². The van der Waals surface area contributed by atoms with Gasteiger partial charge in [0.25, 0.3) is 6.43 Å². The third kappa shape index (κ3) is 2.52. The van der Waals surface area contributed by atoms with E-state index in [4.69, 9.17) is 10.4 Å². The van der Waals surface area contributed by atoms with Gasteiger partial charge in [0.15, 0.2) is 0 Å². The summed E-state index contributed by atoms with van der Waals surface area (Å²) in [4.78, 5) is 14.0. The molecule has 0 unspecified atom stereocenters. The minimum Gasteiger partial charge on any atom is -0.481 e. The van der Waals surface area contributed by atoms with Gasteiger partial charge >= 0.3 is 5.97 Å². The van der Waals surface area contributed by atoms with Crippen LogP contribution < -0.4 is 0 Å². The minimum absolute atomic E-state index is 0.118. The highest BCUT2D eigenvalue weighted by Crippen LogP contribution is 2.28. The molecule has 0 aliphatic heterocycles. The molecule has 1 heterocycles. The van der Waals surface area contributed by atoms with Crippen LogP contribution in [0, 0.1) is 11.3 Å². The number of rotatable bonds is 3. The number of hydrogen-bond acceptors (Lipinski definition) is 3. The van der Waals surface area contributed by atoms with Gasteiger partial charge in [0, 0.05) is 11.8 Å². The molecule has 1 aromatic heterocycles. The Balaban J connectivity index is 3.42. The molecule has 0 saturated carbocycles. The lowest BCUT2D eigenvalue weighted by Gasteiger charge is -2.08. The summed E-state index contributed by atoms with van der Waals surface area (Å²) in [5.74, 6) is -1.29. The van der Waals surface area contributed by atoms with Crippen molar-refractivity contribution in [3.05, 3.63) is 27.5 Å². The zero-order valence-corrected chi connectivity index (χ0v) is 9.33. The average molecular weight is 291 g/mol. The lowest BCUT2D eigenvalue weighted by atomic mass is 10.0. The van der Waals surface area contributed by atoms with E-state index >= 15 is 0 Å². The molecule has 0 aliphatic carbocycles. The van der Waals surface area contributed by atoms with Gasteiger partial charge in [-0.3, -0.25) is 9.78 Å². The Morgan fingerprint density at radius 2 is 2.31 bits per heavy atom. The van der Waals surface area contributed by atoms with Gasteiger partial charge in [0.05, 0.1) is 16.5 Å². The second kappa shape index (κ2) is 4.99. The lowest BCUT2D eigenvalue weighted by Crippen LogP contribution is -2.09. The van der Waals surface area contributed by atoms with Crippen LogP contribution in [0.5, 0.6) is 0 Å². The molecule has 0 fully saturated rings. The first kappa shape index (κ1) is 12.5. The van der Waals surface area contributed by atoms with E-state index in [1.165, 1.54) is 0 Å². The number of carbonyl (C=O) groups is 1. The molecule has 0 bridgehead atoms. The number of nitrogens with zero attached hydrogens (tertiary/aromatic N) is 2. The molecule has 0 atom stereocenters. The number of halogens is 3. The van der Waals surface area contributed by atoms with Crippen molar-refractivity contribution in [2.45, 2.75) is 12.8 Å². The molecule has 1 rings (SSSR count). The molecule has 0 aromatic carbocycles. The summed E-state index contributed by atoms with van der Waals surface area (Å²) in [6.45, 7) is 0. The first-order chi connectivity index (χ1) is 7.47. The third-order valence-electron chi connectivity index (χ3n) is 1.81. The highest BCUT2D eigenvalue weighted by atomic mass is 79.9. The van der Waals surface area contributed by atoms with Crippen molar-refractivity contribution < 1.29 is 18.7 Å². The summed E-state index contributed by atoms with van der Waals surface area (Å²) in [7, 11) is 0. The Hall–Kier alpha value is -1.55. The van der Waals surface area contributed by atoms with Crippen LogP contribution in [0.1, 0.15) is 23.2 Å². The van der Waals surface area contributed by atoms with Crippen LogP contribution in [0.3, 0.4) is 0 Å². The van der Waals surface area contributed by atoms with E-state index in [0.717, 1.165) is 6.20 Å². The highest BCUT2D eigenvalue weighted by molar-refractivity contribution is 9.10. The lowest BCUT2D eigenvalue weighted by molar-refractivity contribution is -0.136. The molecule has 7 heteroatoms. The maximum atomic E-state index is 12.5. The Kier molecular flexibility index (Phi) is 3.90. The van der Waals surface area contributed by atoms with Crippen molar-refractivity contribution in [1.82, 2.24) is 4.98 Å². The topological polar surface area (TPSA) is 74.0 Å². The standard InChI is InChI=1S/C9H5BrF2N2O2/c10-6-3-14-8(9(11)12)4(1-7(15)16)5(6)2-13/h3,9H,1H2,(H,15,16). The van der Waals surface area contributed by atoms with Crippen LogP contribution in [-0.2, 0) is 11.2 Å². The van der Waals surface area contributed by atoms with Gasteiger partial charge in [-0.05, 0) is 15.9 Å². The number of alkyl halides is 2. The summed E-state index contributed by atoms with van der Waals surface area (Å²) in [6.07, 6.45) is -2.50. The average Bonchev–Trinajstić information content (AvgIpc) is 2.16.